The van der Waals surface area contributed by atoms with E-state index in [0.29, 0.717) is 5.56 Å². The van der Waals surface area contributed by atoms with E-state index in [1.54, 1.807) is 12.1 Å². The summed E-state index contributed by atoms with van der Waals surface area (Å²) in [5.41, 5.74) is 0.668. The van der Waals surface area contributed by atoms with Gasteiger partial charge in [0.2, 0.25) is 0 Å². The van der Waals surface area contributed by atoms with Crippen molar-refractivity contribution in [1.29, 1.82) is 0 Å². The van der Waals surface area contributed by atoms with Crippen LogP contribution in [0.15, 0.2) is 30.3 Å². The van der Waals surface area contributed by atoms with E-state index < -0.39 is 8.07 Å². The fourth-order valence-corrected chi connectivity index (χ4v) is 2.02. The van der Waals surface area contributed by atoms with Crippen molar-refractivity contribution in [3.8, 4) is 0 Å². The predicted molar refractivity (Wildman–Crippen MR) is 72.9 cm³/mol. The maximum atomic E-state index is 11.6. The van der Waals surface area contributed by atoms with Crippen molar-refractivity contribution >= 4 is 14.0 Å². The van der Waals surface area contributed by atoms with Crippen LogP contribution in [0.25, 0.3) is 0 Å². The summed E-state index contributed by atoms with van der Waals surface area (Å²) in [4.78, 5) is 11.6. The van der Waals surface area contributed by atoms with Crippen LogP contribution < -0.4 is 5.32 Å². The van der Waals surface area contributed by atoms with Gasteiger partial charge in [0.15, 0.2) is 0 Å². The SMILES string of the molecule is C[Si](C)(C)CCOCNC(=O)c1ccccc1. The fraction of sp³-hybridized carbons (Fsp3) is 0.462. The minimum atomic E-state index is -1.04. The van der Waals surface area contributed by atoms with Crippen molar-refractivity contribution in [3.05, 3.63) is 35.9 Å². The summed E-state index contributed by atoms with van der Waals surface area (Å²) in [5.74, 6) is -0.0846. The van der Waals surface area contributed by atoms with Gasteiger partial charge in [0.05, 0.1) is 0 Å². The number of benzene rings is 1. The summed E-state index contributed by atoms with van der Waals surface area (Å²) in [6.45, 7) is 7.93. The van der Waals surface area contributed by atoms with Crippen LogP contribution in [-0.4, -0.2) is 27.3 Å². The van der Waals surface area contributed by atoms with Crippen LogP contribution in [0.3, 0.4) is 0 Å². The molecule has 0 saturated heterocycles. The molecule has 4 heteroatoms. The molecule has 0 bridgehead atoms. The highest BCUT2D eigenvalue weighted by molar-refractivity contribution is 6.76. The van der Waals surface area contributed by atoms with Crippen molar-refractivity contribution in [2.75, 3.05) is 13.3 Å². The number of carbonyl (C=O) groups is 1. The minimum absolute atomic E-state index is 0.0846. The molecule has 1 amide bonds. The number of hydrogen-bond donors (Lipinski definition) is 1. The summed E-state index contributed by atoms with van der Waals surface area (Å²) in [6.07, 6.45) is 0. The lowest BCUT2D eigenvalue weighted by Crippen LogP contribution is -2.28. The Morgan fingerprint density at radius 2 is 1.88 bits per heavy atom. The monoisotopic (exact) mass is 251 g/mol. The molecule has 0 saturated carbocycles. The Bertz CT molecular complexity index is 346. The van der Waals surface area contributed by atoms with E-state index >= 15 is 0 Å². The molecule has 0 heterocycles. The van der Waals surface area contributed by atoms with Gasteiger partial charge in [-0.3, -0.25) is 4.79 Å². The Labute approximate surface area is 104 Å². The highest BCUT2D eigenvalue weighted by atomic mass is 28.3. The smallest absolute Gasteiger partial charge is 0.253 e. The van der Waals surface area contributed by atoms with Crippen LogP contribution in [0.4, 0.5) is 0 Å². The molecule has 1 N–H and O–H groups in total. The molecule has 94 valence electrons. The number of rotatable bonds is 6. The van der Waals surface area contributed by atoms with Crippen LogP contribution >= 0.6 is 0 Å². The lowest BCUT2D eigenvalue weighted by molar-refractivity contribution is 0.0815. The summed E-state index contributed by atoms with van der Waals surface area (Å²) in [7, 11) is -1.04. The molecule has 0 aromatic heterocycles. The third-order valence-corrected chi connectivity index (χ3v) is 4.07. The molecule has 1 rings (SSSR count). The van der Waals surface area contributed by atoms with Gasteiger partial charge in [0.1, 0.15) is 6.73 Å². The average Bonchev–Trinajstić information content (AvgIpc) is 2.28. The zero-order valence-electron chi connectivity index (χ0n) is 10.8. The first-order valence-electron chi connectivity index (χ1n) is 5.90. The largest absolute Gasteiger partial charge is 0.362 e. The Hall–Kier alpha value is -1.13. The highest BCUT2D eigenvalue weighted by Gasteiger charge is 2.12. The van der Waals surface area contributed by atoms with Gasteiger partial charge in [0.25, 0.3) is 5.91 Å². The topological polar surface area (TPSA) is 38.3 Å². The number of amides is 1. The van der Waals surface area contributed by atoms with Gasteiger partial charge < -0.3 is 10.1 Å². The zero-order chi connectivity index (χ0) is 12.7. The van der Waals surface area contributed by atoms with Gasteiger partial charge in [-0.15, -0.1) is 0 Å². The maximum Gasteiger partial charge on any atom is 0.253 e. The normalized spacial score (nSPS) is 11.2. The van der Waals surface area contributed by atoms with E-state index in [0.717, 1.165) is 12.7 Å². The Balaban J connectivity index is 2.18. The van der Waals surface area contributed by atoms with E-state index in [9.17, 15) is 4.79 Å². The van der Waals surface area contributed by atoms with Crippen LogP contribution in [0, 0.1) is 0 Å². The molecule has 0 fully saturated rings. The minimum Gasteiger partial charge on any atom is -0.362 e. The van der Waals surface area contributed by atoms with Crippen molar-refractivity contribution in [2.24, 2.45) is 0 Å². The van der Waals surface area contributed by atoms with Crippen LogP contribution in [0.1, 0.15) is 10.4 Å². The summed E-state index contributed by atoms with van der Waals surface area (Å²) < 4.78 is 5.40. The van der Waals surface area contributed by atoms with E-state index in [-0.39, 0.29) is 12.6 Å². The third-order valence-electron chi connectivity index (χ3n) is 2.37. The molecule has 0 spiro atoms. The maximum absolute atomic E-state index is 11.6. The quantitative estimate of drug-likeness (QED) is 0.479. The molecule has 3 nitrogen and oxygen atoms in total. The zero-order valence-corrected chi connectivity index (χ0v) is 11.8. The van der Waals surface area contributed by atoms with Gasteiger partial charge >= 0.3 is 0 Å². The van der Waals surface area contributed by atoms with Crippen LogP contribution in [0.5, 0.6) is 0 Å². The van der Waals surface area contributed by atoms with Crippen LogP contribution in [-0.2, 0) is 4.74 Å². The molecule has 0 aliphatic carbocycles. The number of ether oxygens (including phenoxy) is 1. The highest BCUT2D eigenvalue weighted by Crippen LogP contribution is 2.07. The van der Waals surface area contributed by atoms with Crippen LogP contribution in [0.2, 0.25) is 25.7 Å². The second-order valence-electron chi connectivity index (χ2n) is 5.24. The number of hydrogen-bond acceptors (Lipinski definition) is 2. The molecular weight excluding hydrogens is 230 g/mol. The second-order valence-corrected chi connectivity index (χ2v) is 10.9. The fourth-order valence-electron chi connectivity index (χ4n) is 1.26. The first-order chi connectivity index (χ1) is 7.99. The second kappa shape index (κ2) is 6.57. The van der Waals surface area contributed by atoms with E-state index in [2.05, 4.69) is 25.0 Å². The van der Waals surface area contributed by atoms with Crippen molar-refractivity contribution in [3.63, 3.8) is 0 Å². The average molecular weight is 251 g/mol. The number of nitrogens with one attached hydrogen (secondary N) is 1. The first kappa shape index (κ1) is 13.9. The molecule has 17 heavy (non-hydrogen) atoms. The molecule has 1 aromatic rings. The molecule has 0 atom stereocenters. The molecule has 1 aromatic carbocycles. The van der Waals surface area contributed by atoms with Crippen molar-refractivity contribution < 1.29 is 9.53 Å². The van der Waals surface area contributed by atoms with Gasteiger partial charge in [0, 0.05) is 20.2 Å². The Morgan fingerprint density at radius 1 is 1.24 bits per heavy atom. The molecular formula is C13H21NO2Si. The molecule has 0 radical (unpaired) electrons. The summed E-state index contributed by atoms with van der Waals surface area (Å²) in [5, 5.41) is 2.74. The molecule has 0 aliphatic heterocycles. The third kappa shape index (κ3) is 6.24. The van der Waals surface area contributed by atoms with E-state index in [1.807, 2.05) is 18.2 Å². The lowest BCUT2D eigenvalue weighted by atomic mass is 10.2. The summed E-state index contributed by atoms with van der Waals surface area (Å²) in [6, 6.07) is 10.3. The van der Waals surface area contributed by atoms with Gasteiger partial charge in [-0.2, -0.15) is 0 Å². The lowest BCUT2D eigenvalue weighted by Gasteiger charge is -2.15. The van der Waals surface area contributed by atoms with Gasteiger partial charge in [-0.05, 0) is 18.2 Å². The van der Waals surface area contributed by atoms with E-state index in [4.69, 9.17) is 4.74 Å². The van der Waals surface area contributed by atoms with Crippen molar-refractivity contribution in [1.82, 2.24) is 5.32 Å². The summed E-state index contributed by atoms with van der Waals surface area (Å²) >= 11 is 0. The standard InChI is InChI=1S/C13H21NO2Si/c1-17(2,3)10-9-16-11-14-13(15)12-7-5-4-6-8-12/h4-8H,9-11H2,1-3H3,(H,14,15). The molecule has 0 unspecified atom stereocenters. The predicted octanol–water partition coefficient (Wildman–Crippen LogP) is 2.73. The van der Waals surface area contributed by atoms with E-state index in [1.165, 1.54) is 0 Å². The number of carbonyl (C=O) groups excluding carboxylic acids is 1. The Kier molecular flexibility index (Phi) is 5.38. The Morgan fingerprint density at radius 3 is 2.47 bits per heavy atom. The first-order valence-corrected chi connectivity index (χ1v) is 9.61. The van der Waals surface area contributed by atoms with Gasteiger partial charge in [-0.25, -0.2) is 0 Å². The van der Waals surface area contributed by atoms with Crippen molar-refractivity contribution in [2.45, 2.75) is 25.7 Å². The molecule has 0 aliphatic rings. The van der Waals surface area contributed by atoms with Gasteiger partial charge in [-0.1, -0.05) is 37.8 Å².